The van der Waals surface area contributed by atoms with Gasteiger partial charge in [-0.1, -0.05) is 0 Å². The summed E-state index contributed by atoms with van der Waals surface area (Å²) in [6, 6.07) is 7.30. The van der Waals surface area contributed by atoms with Crippen molar-refractivity contribution in [3.05, 3.63) is 35.4 Å². The lowest BCUT2D eigenvalue weighted by molar-refractivity contribution is -0.147. The lowest BCUT2D eigenvalue weighted by Crippen LogP contribution is -2.44. The first kappa shape index (κ1) is 19.4. The van der Waals surface area contributed by atoms with Crippen molar-refractivity contribution in [2.24, 2.45) is 0 Å². The van der Waals surface area contributed by atoms with Crippen LogP contribution in [0, 0.1) is 11.3 Å². The number of hydrogen-bond donors (Lipinski definition) is 0. The second-order valence-corrected chi connectivity index (χ2v) is 7.05. The summed E-state index contributed by atoms with van der Waals surface area (Å²) < 4.78 is 10.4. The standard InChI is InChI=1S/C19H22N2O5/c1-19(2,3)26-18(24)21-10-4-5-15(21)17(23)25-12-16(22)14-8-6-13(11-20)7-9-14/h6-9,15H,4-5,10,12H2,1-3H3. The van der Waals surface area contributed by atoms with E-state index in [1.165, 1.54) is 29.2 Å². The van der Waals surface area contributed by atoms with Gasteiger partial charge in [0.1, 0.15) is 11.6 Å². The average Bonchev–Trinajstić information content (AvgIpc) is 3.08. The number of carbonyl (C=O) groups excluding carboxylic acids is 3. The van der Waals surface area contributed by atoms with Crippen molar-refractivity contribution in [3.63, 3.8) is 0 Å². The Morgan fingerprint density at radius 3 is 2.46 bits per heavy atom. The van der Waals surface area contributed by atoms with E-state index in [0.717, 1.165) is 0 Å². The largest absolute Gasteiger partial charge is 0.456 e. The predicted molar refractivity (Wildman–Crippen MR) is 92.4 cm³/mol. The van der Waals surface area contributed by atoms with E-state index >= 15 is 0 Å². The van der Waals surface area contributed by atoms with Crippen LogP contribution >= 0.6 is 0 Å². The first-order chi connectivity index (χ1) is 12.2. The number of ether oxygens (including phenoxy) is 2. The van der Waals surface area contributed by atoms with Gasteiger partial charge in [-0.15, -0.1) is 0 Å². The Bertz CT molecular complexity index is 728. The maximum Gasteiger partial charge on any atom is 0.411 e. The molecule has 0 saturated carbocycles. The number of likely N-dealkylation sites (tertiary alicyclic amines) is 1. The van der Waals surface area contributed by atoms with E-state index in [2.05, 4.69) is 0 Å². The molecule has 26 heavy (non-hydrogen) atoms. The number of hydrogen-bond acceptors (Lipinski definition) is 6. The normalized spacial score (nSPS) is 16.7. The van der Waals surface area contributed by atoms with Crippen LogP contribution in [-0.2, 0) is 14.3 Å². The van der Waals surface area contributed by atoms with Crippen molar-refractivity contribution in [2.75, 3.05) is 13.2 Å². The first-order valence-electron chi connectivity index (χ1n) is 8.41. The molecule has 1 heterocycles. The monoisotopic (exact) mass is 358 g/mol. The predicted octanol–water partition coefficient (Wildman–Crippen LogP) is 2.68. The van der Waals surface area contributed by atoms with Gasteiger partial charge in [0.25, 0.3) is 0 Å². The average molecular weight is 358 g/mol. The summed E-state index contributed by atoms with van der Waals surface area (Å²) in [5.74, 6) is -0.986. The molecule has 2 rings (SSSR count). The molecule has 1 fully saturated rings. The number of Topliss-reactive ketones (excluding diaryl/α,β-unsaturated/α-hetero) is 1. The molecule has 1 aromatic carbocycles. The van der Waals surface area contributed by atoms with Gasteiger partial charge >= 0.3 is 12.1 Å². The Balaban J connectivity index is 1.92. The van der Waals surface area contributed by atoms with Crippen molar-refractivity contribution < 1.29 is 23.9 Å². The Morgan fingerprint density at radius 1 is 1.23 bits per heavy atom. The smallest absolute Gasteiger partial charge is 0.411 e. The quantitative estimate of drug-likeness (QED) is 0.606. The molecule has 0 spiro atoms. The molecule has 7 heteroatoms. The van der Waals surface area contributed by atoms with Gasteiger partial charge in [0.05, 0.1) is 11.6 Å². The highest BCUT2D eigenvalue weighted by Crippen LogP contribution is 2.22. The van der Waals surface area contributed by atoms with Gasteiger partial charge in [-0.2, -0.15) is 5.26 Å². The van der Waals surface area contributed by atoms with Crippen LogP contribution in [0.15, 0.2) is 24.3 Å². The van der Waals surface area contributed by atoms with E-state index in [-0.39, 0.29) is 5.78 Å². The molecule has 0 bridgehead atoms. The molecule has 1 aliphatic rings. The summed E-state index contributed by atoms with van der Waals surface area (Å²) in [6.07, 6.45) is 0.585. The molecule has 1 atom stereocenters. The minimum atomic E-state index is -0.737. The third kappa shape index (κ3) is 5.06. The number of carbonyl (C=O) groups is 3. The molecule has 0 aliphatic carbocycles. The summed E-state index contributed by atoms with van der Waals surface area (Å²) in [4.78, 5) is 37.9. The SMILES string of the molecule is CC(C)(C)OC(=O)N1CCCC1C(=O)OCC(=O)c1ccc(C#N)cc1. The molecule has 7 nitrogen and oxygen atoms in total. The summed E-state index contributed by atoms with van der Waals surface area (Å²) in [5, 5.41) is 8.76. The third-order valence-electron chi connectivity index (χ3n) is 3.83. The number of esters is 1. The minimum absolute atomic E-state index is 0.354. The summed E-state index contributed by atoms with van der Waals surface area (Å²) in [7, 11) is 0. The summed E-state index contributed by atoms with van der Waals surface area (Å²) >= 11 is 0. The maximum atomic E-state index is 12.3. The van der Waals surface area contributed by atoms with Crippen LogP contribution in [0.5, 0.6) is 0 Å². The van der Waals surface area contributed by atoms with E-state index in [0.29, 0.717) is 30.5 Å². The van der Waals surface area contributed by atoms with E-state index < -0.39 is 30.3 Å². The highest BCUT2D eigenvalue weighted by molar-refractivity contribution is 5.98. The highest BCUT2D eigenvalue weighted by atomic mass is 16.6. The minimum Gasteiger partial charge on any atom is -0.456 e. The zero-order valence-electron chi connectivity index (χ0n) is 15.2. The van der Waals surface area contributed by atoms with E-state index in [1.807, 2.05) is 6.07 Å². The van der Waals surface area contributed by atoms with E-state index in [1.54, 1.807) is 20.8 Å². The van der Waals surface area contributed by atoms with Gasteiger partial charge < -0.3 is 9.47 Å². The van der Waals surface area contributed by atoms with Crippen LogP contribution in [0.2, 0.25) is 0 Å². The number of rotatable bonds is 4. The van der Waals surface area contributed by atoms with Crippen LogP contribution in [0.25, 0.3) is 0 Å². The number of ketones is 1. The Morgan fingerprint density at radius 2 is 1.88 bits per heavy atom. The molecule has 1 amide bonds. The summed E-state index contributed by atoms with van der Waals surface area (Å²) in [6.45, 7) is 5.27. The topological polar surface area (TPSA) is 96.7 Å². The van der Waals surface area contributed by atoms with Crippen LogP contribution in [0.3, 0.4) is 0 Å². The molecule has 0 aromatic heterocycles. The Labute approximate surface area is 152 Å². The molecule has 0 N–H and O–H groups in total. The number of nitriles is 1. The van der Waals surface area contributed by atoms with Crippen molar-refractivity contribution in [2.45, 2.75) is 45.3 Å². The van der Waals surface area contributed by atoms with E-state index in [9.17, 15) is 14.4 Å². The van der Waals surface area contributed by atoms with Gasteiger partial charge in [-0.25, -0.2) is 9.59 Å². The second kappa shape index (κ2) is 8.00. The molecular weight excluding hydrogens is 336 g/mol. The maximum absolute atomic E-state index is 12.3. The van der Waals surface area contributed by atoms with Crippen LogP contribution < -0.4 is 0 Å². The van der Waals surface area contributed by atoms with Crippen molar-refractivity contribution in [1.82, 2.24) is 4.90 Å². The van der Waals surface area contributed by atoms with E-state index in [4.69, 9.17) is 14.7 Å². The van der Waals surface area contributed by atoms with Crippen LogP contribution in [-0.4, -0.2) is 47.5 Å². The molecule has 0 radical (unpaired) electrons. The highest BCUT2D eigenvalue weighted by Gasteiger charge is 2.37. The zero-order chi connectivity index (χ0) is 19.3. The van der Waals surface area contributed by atoms with Crippen molar-refractivity contribution in [3.8, 4) is 6.07 Å². The van der Waals surface area contributed by atoms with Crippen molar-refractivity contribution >= 4 is 17.8 Å². The molecule has 1 aliphatic heterocycles. The summed E-state index contributed by atoms with van der Waals surface area (Å²) in [5.41, 5.74) is 0.143. The first-order valence-corrected chi connectivity index (χ1v) is 8.41. The number of nitrogens with zero attached hydrogens (tertiary/aromatic N) is 2. The zero-order valence-corrected chi connectivity index (χ0v) is 15.2. The van der Waals surface area contributed by atoms with Gasteiger partial charge in [-0.3, -0.25) is 9.69 Å². The van der Waals surface area contributed by atoms with Gasteiger partial charge in [0.2, 0.25) is 0 Å². The van der Waals surface area contributed by atoms with Crippen molar-refractivity contribution in [1.29, 1.82) is 5.26 Å². The molecular formula is C19H22N2O5. The second-order valence-electron chi connectivity index (χ2n) is 7.05. The fourth-order valence-electron chi connectivity index (χ4n) is 2.60. The Hall–Kier alpha value is -2.88. The van der Waals surface area contributed by atoms with Gasteiger partial charge in [0, 0.05) is 12.1 Å². The van der Waals surface area contributed by atoms with Gasteiger partial charge in [0.15, 0.2) is 12.4 Å². The van der Waals surface area contributed by atoms with Crippen LogP contribution in [0.4, 0.5) is 4.79 Å². The lowest BCUT2D eigenvalue weighted by Gasteiger charge is -2.27. The third-order valence-corrected chi connectivity index (χ3v) is 3.83. The number of amides is 1. The fraction of sp³-hybridized carbons (Fsp3) is 0.474. The molecule has 1 saturated heterocycles. The molecule has 138 valence electrons. The lowest BCUT2D eigenvalue weighted by atomic mass is 10.1. The molecule has 1 unspecified atom stereocenters. The fourth-order valence-corrected chi connectivity index (χ4v) is 2.60. The number of benzene rings is 1. The van der Waals surface area contributed by atoms with Gasteiger partial charge in [-0.05, 0) is 57.9 Å². The molecule has 1 aromatic rings. The van der Waals surface area contributed by atoms with Crippen LogP contribution in [0.1, 0.15) is 49.5 Å². The Kier molecular flexibility index (Phi) is 5.98.